The molecule has 150 valence electrons. The van der Waals surface area contributed by atoms with Crippen molar-refractivity contribution in [1.29, 1.82) is 0 Å². The van der Waals surface area contributed by atoms with Crippen LogP contribution in [0.3, 0.4) is 0 Å². The Bertz CT molecular complexity index is 1050. The lowest BCUT2D eigenvalue weighted by Gasteiger charge is -2.36. The number of para-hydroxylation sites is 2. The second-order valence-corrected chi connectivity index (χ2v) is 8.06. The van der Waals surface area contributed by atoms with E-state index < -0.39 is 6.10 Å². The largest absolute Gasteiger partial charge is 0.497 e. The fourth-order valence-electron chi connectivity index (χ4n) is 4.93. The highest BCUT2D eigenvalue weighted by molar-refractivity contribution is 5.92. The van der Waals surface area contributed by atoms with Gasteiger partial charge in [0.15, 0.2) is 0 Å². The molecule has 0 unspecified atom stereocenters. The minimum absolute atomic E-state index is 0.0198. The summed E-state index contributed by atoms with van der Waals surface area (Å²) < 4.78 is 7.32. The first kappa shape index (κ1) is 18.1. The highest BCUT2D eigenvalue weighted by Crippen LogP contribution is 2.42. The van der Waals surface area contributed by atoms with Crippen molar-refractivity contribution in [3.63, 3.8) is 0 Å². The van der Waals surface area contributed by atoms with E-state index in [1.54, 1.807) is 25.4 Å². The van der Waals surface area contributed by atoms with E-state index in [2.05, 4.69) is 14.5 Å². The van der Waals surface area contributed by atoms with Crippen molar-refractivity contribution in [3.05, 3.63) is 54.6 Å². The van der Waals surface area contributed by atoms with Gasteiger partial charge in [-0.2, -0.15) is 0 Å². The number of ether oxygens (including phenoxy) is 1. The van der Waals surface area contributed by atoms with Gasteiger partial charge in [-0.25, -0.2) is 4.98 Å². The van der Waals surface area contributed by atoms with Gasteiger partial charge in [-0.1, -0.05) is 12.1 Å². The van der Waals surface area contributed by atoms with Gasteiger partial charge < -0.3 is 19.3 Å². The van der Waals surface area contributed by atoms with Crippen LogP contribution in [0.1, 0.15) is 29.4 Å². The summed E-state index contributed by atoms with van der Waals surface area (Å²) in [4.78, 5) is 23.5. The number of pyridine rings is 1. The Morgan fingerprint density at radius 1 is 1.14 bits per heavy atom. The van der Waals surface area contributed by atoms with Gasteiger partial charge in [0.1, 0.15) is 11.4 Å². The number of rotatable bonds is 3. The third-order valence-corrected chi connectivity index (χ3v) is 6.42. The molecule has 1 saturated heterocycles. The molecule has 0 bridgehead atoms. The van der Waals surface area contributed by atoms with Crippen LogP contribution in [0.4, 0.5) is 0 Å². The quantitative estimate of drug-likeness (QED) is 0.741. The van der Waals surface area contributed by atoms with Crippen LogP contribution >= 0.6 is 0 Å². The Morgan fingerprint density at radius 3 is 2.76 bits per heavy atom. The second-order valence-electron chi connectivity index (χ2n) is 8.06. The number of benzene rings is 1. The van der Waals surface area contributed by atoms with Gasteiger partial charge >= 0.3 is 0 Å². The number of carbonyl (C=O) groups is 1. The average molecular weight is 392 g/mol. The van der Waals surface area contributed by atoms with Crippen molar-refractivity contribution in [2.24, 2.45) is 11.8 Å². The number of imidazole rings is 1. The molecule has 2 fully saturated rings. The van der Waals surface area contributed by atoms with Gasteiger partial charge in [0.25, 0.3) is 5.91 Å². The van der Waals surface area contributed by atoms with Crippen molar-refractivity contribution in [3.8, 4) is 5.75 Å². The predicted octanol–water partition coefficient (Wildman–Crippen LogP) is 2.52. The third kappa shape index (κ3) is 3.15. The molecule has 2 aliphatic rings. The van der Waals surface area contributed by atoms with E-state index in [1.807, 2.05) is 35.5 Å². The summed E-state index contributed by atoms with van der Waals surface area (Å²) in [5, 5.41) is 10.9. The zero-order valence-corrected chi connectivity index (χ0v) is 16.3. The summed E-state index contributed by atoms with van der Waals surface area (Å²) in [6.45, 7) is 1.36. The molecule has 29 heavy (non-hydrogen) atoms. The molecule has 1 saturated carbocycles. The molecule has 3 heterocycles. The molecular weight excluding hydrogens is 368 g/mol. The summed E-state index contributed by atoms with van der Waals surface area (Å²) >= 11 is 0. The van der Waals surface area contributed by atoms with Crippen LogP contribution in [0.25, 0.3) is 11.0 Å². The SMILES string of the molecule is COc1ccnc(C(=O)N2C[C@H]3C[C@@H](n4cnc5ccccc54)[C@H](O)C[C@H]3C2)c1. The van der Waals surface area contributed by atoms with Gasteiger partial charge in [-0.3, -0.25) is 9.78 Å². The van der Waals surface area contributed by atoms with E-state index >= 15 is 0 Å². The molecule has 0 spiro atoms. The molecule has 7 heteroatoms. The summed E-state index contributed by atoms with van der Waals surface area (Å²) in [6, 6.07) is 11.4. The molecule has 1 amide bonds. The Kier molecular flexibility index (Phi) is 4.47. The topological polar surface area (TPSA) is 80.5 Å². The van der Waals surface area contributed by atoms with Gasteiger partial charge in [-0.05, 0) is 42.9 Å². The number of hydrogen-bond donors (Lipinski definition) is 1. The van der Waals surface area contributed by atoms with Crippen LogP contribution in [0.5, 0.6) is 5.75 Å². The number of carbonyl (C=O) groups excluding carboxylic acids is 1. The summed E-state index contributed by atoms with van der Waals surface area (Å²) in [7, 11) is 1.58. The average Bonchev–Trinajstić information content (AvgIpc) is 3.36. The first-order chi connectivity index (χ1) is 14.1. The van der Waals surface area contributed by atoms with Crippen molar-refractivity contribution in [2.45, 2.75) is 25.0 Å². The minimum atomic E-state index is -0.446. The lowest BCUT2D eigenvalue weighted by atomic mass is 9.77. The molecule has 1 aromatic carbocycles. The van der Waals surface area contributed by atoms with Crippen molar-refractivity contribution in [2.75, 3.05) is 20.2 Å². The molecule has 1 N–H and O–H groups in total. The van der Waals surface area contributed by atoms with E-state index in [4.69, 9.17) is 4.74 Å². The van der Waals surface area contributed by atoms with Gasteiger partial charge in [0.2, 0.25) is 0 Å². The Morgan fingerprint density at radius 2 is 1.93 bits per heavy atom. The molecule has 1 aliphatic heterocycles. The van der Waals surface area contributed by atoms with Crippen molar-refractivity contribution in [1.82, 2.24) is 19.4 Å². The number of fused-ring (bicyclic) bond motifs is 2. The molecular formula is C22H24N4O3. The predicted molar refractivity (Wildman–Crippen MR) is 108 cm³/mol. The maximum atomic E-state index is 13.0. The van der Waals surface area contributed by atoms with E-state index in [0.717, 1.165) is 17.5 Å². The fraction of sp³-hybridized carbons (Fsp3) is 0.409. The van der Waals surface area contributed by atoms with E-state index in [0.29, 0.717) is 42.8 Å². The summed E-state index contributed by atoms with van der Waals surface area (Å²) in [5.41, 5.74) is 2.39. The van der Waals surface area contributed by atoms with Crippen LogP contribution in [0.15, 0.2) is 48.9 Å². The number of aromatic nitrogens is 3. The highest BCUT2D eigenvalue weighted by atomic mass is 16.5. The van der Waals surface area contributed by atoms with E-state index in [9.17, 15) is 9.90 Å². The maximum absolute atomic E-state index is 13.0. The Hall–Kier alpha value is -2.93. The van der Waals surface area contributed by atoms with Crippen molar-refractivity contribution < 1.29 is 14.6 Å². The van der Waals surface area contributed by atoms with Crippen LogP contribution in [-0.2, 0) is 0 Å². The molecule has 4 atom stereocenters. The van der Waals surface area contributed by atoms with Gasteiger partial charge in [0, 0.05) is 25.4 Å². The minimum Gasteiger partial charge on any atom is -0.497 e. The summed E-state index contributed by atoms with van der Waals surface area (Å²) in [5.74, 6) is 1.23. The number of likely N-dealkylation sites (tertiary alicyclic amines) is 1. The number of aliphatic hydroxyl groups excluding tert-OH is 1. The monoisotopic (exact) mass is 392 g/mol. The highest BCUT2D eigenvalue weighted by Gasteiger charge is 2.44. The first-order valence-electron chi connectivity index (χ1n) is 10.0. The number of methoxy groups -OCH3 is 1. The number of amides is 1. The lowest BCUT2D eigenvalue weighted by Crippen LogP contribution is -2.36. The third-order valence-electron chi connectivity index (χ3n) is 6.42. The molecule has 2 aromatic heterocycles. The molecule has 1 aliphatic carbocycles. The van der Waals surface area contributed by atoms with Crippen LogP contribution in [-0.4, -0.2) is 56.8 Å². The van der Waals surface area contributed by atoms with Crippen LogP contribution < -0.4 is 4.74 Å². The van der Waals surface area contributed by atoms with E-state index in [-0.39, 0.29) is 11.9 Å². The fourth-order valence-corrected chi connectivity index (χ4v) is 4.93. The number of aliphatic hydroxyl groups is 1. The molecule has 0 radical (unpaired) electrons. The molecule has 7 nitrogen and oxygen atoms in total. The zero-order chi connectivity index (χ0) is 20.0. The summed E-state index contributed by atoms with van der Waals surface area (Å²) in [6.07, 6.45) is 4.51. The molecule has 3 aromatic rings. The van der Waals surface area contributed by atoms with Gasteiger partial charge in [-0.15, -0.1) is 0 Å². The Labute approximate surface area is 168 Å². The second kappa shape index (κ2) is 7.15. The maximum Gasteiger partial charge on any atom is 0.272 e. The van der Waals surface area contributed by atoms with Gasteiger partial charge in [0.05, 0.1) is 36.6 Å². The van der Waals surface area contributed by atoms with Crippen LogP contribution in [0.2, 0.25) is 0 Å². The molecule has 5 rings (SSSR count). The standard InChI is InChI=1S/C22H24N4O3/c1-29-16-6-7-23-18(10-16)22(28)25-11-14-8-20(21(27)9-15(14)12-25)26-13-24-17-4-2-3-5-19(17)26/h2-7,10,13-15,20-21,27H,8-9,11-12H2,1H3/t14-,15+,20-,21-/m1/s1. The van der Waals surface area contributed by atoms with Crippen molar-refractivity contribution >= 4 is 16.9 Å². The van der Waals surface area contributed by atoms with E-state index in [1.165, 1.54) is 0 Å². The zero-order valence-electron chi connectivity index (χ0n) is 16.3. The number of nitrogens with zero attached hydrogens (tertiary/aromatic N) is 4. The Balaban J connectivity index is 1.35. The number of hydrogen-bond acceptors (Lipinski definition) is 5. The lowest BCUT2D eigenvalue weighted by molar-refractivity contribution is 0.0374. The normalized spacial score (nSPS) is 26.5. The van der Waals surface area contributed by atoms with Crippen LogP contribution in [0, 0.1) is 11.8 Å². The smallest absolute Gasteiger partial charge is 0.272 e. The first-order valence-corrected chi connectivity index (χ1v) is 10.0.